The molecule has 0 spiro atoms. The first-order valence-corrected chi connectivity index (χ1v) is 19.2. The van der Waals surface area contributed by atoms with Gasteiger partial charge in [0.05, 0.1) is 0 Å². The van der Waals surface area contributed by atoms with Gasteiger partial charge in [-0.2, -0.15) is 0 Å². The molecule has 0 fully saturated rings. The van der Waals surface area contributed by atoms with Crippen LogP contribution < -0.4 is 0 Å². The average molecular weight is 330 g/mol. The second kappa shape index (κ2) is 4.45. The number of allylic oxidation sites excluding steroid dienone is 1. The summed E-state index contributed by atoms with van der Waals surface area (Å²) in [5, 5.41) is 0. The zero-order valence-electron chi connectivity index (χ0n) is 4.25. The van der Waals surface area contributed by atoms with Crippen LogP contribution in [0.25, 0.3) is 0 Å². The molecule has 7 heavy (non-hydrogen) atoms. The molecule has 0 aromatic carbocycles. The SMILES string of the molecule is C=C(C)[CH2][In]([Br])[Br]. The van der Waals surface area contributed by atoms with Gasteiger partial charge in [0.1, 0.15) is 0 Å². The van der Waals surface area contributed by atoms with Gasteiger partial charge in [-0.05, 0) is 0 Å². The number of halogens is 2. The van der Waals surface area contributed by atoms with Crippen LogP contribution in [0.2, 0.25) is 4.18 Å². The van der Waals surface area contributed by atoms with Crippen LogP contribution in [0.15, 0.2) is 12.2 Å². The molecule has 0 saturated heterocycles. The Balaban J connectivity index is 3.13. The Labute approximate surface area is 63.9 Å². The Hall–Kier alpha value is 1.57. The molecule has 0 rings (SSSR count). The van der Waals surface area contributed by atoms with E-state index in [4.69, 9.17) is 0 Å². The van der Waals surface area contributed by atoms with Gasteiger partial charge in [0.2, 0.25) is 0 Å². The molecule has 3 heteroatoms. The zero-order chi connectivity index (χ0) is 5.86. The number of hydrogen-bond acceptors (Lipinski definition) is 0. The molecule has 0 aliphatic heterocycles. The van der Waals surface area contributed by atoms with Crippen molar-refractivity contribution in [1.29, 1.82) is 0 Å². The maximum absolute atomic E-state index is 3.79. The van der Waals surface area contributed by atoms with E-state index in [1.165, 1.54) is 9.75 Å². The van der Waals surface area contributed by atoms with Crippen molar-refractivity contribution in [2.75, 3.05) is 0 Å². The Morgan fingerprint density at radius 3 is 2.14 bits per heavy atom. The fourth-order valence-corrected chi connectivity index (χ4v) is 9.18. The maximum atomic E-state index is 3.79. The second-order valence-electron chi connectivity index (χ2n) is 1.55. The summed E-state index contributed by atoms with van der Waals surface area (Å²) >= 11 is 5.81. The summed E-state index contributed by atoms with van der Waals surface area (Å²) in [5.74, 6) is 0. The van der Waals surface area contributed by atoms with E-state index in [0.717, 1.165) is 0 Å². The minimum absolute atomic E-state index is 1.21. The van der Waals surface area contributed by atoms with E-state index >= 15 is 0 Å². The summed E-state index contributed by atoms with van der Waals surface area (Å²) in [5.41, 5.74) is 1.29. The molecule has 0 nitrogen and oxygen atoms in total. The van der Waals surface area contributed by atoms with E-state index in [-0.39, 0.29) is 0 Å². The van der Waals surface area contributed by atoms with Crippen molar-refractivity contribution in [3.63, 3.8) is 0 Å². The standard InChI is InChI=1S/C4H7.2BrH.In/c1-4(2)3;;;/h1-2H2,3H3;2*1H;/q;;;+2/p-2. The van der Waals surface area contributed by atoms with Crippen LogP contribution in [0.1, 0.15) is 6.92 Å². The van der Waals surface area contributed by atoms with Crippen LogP contribution in [-0.2, 0) is 0 Å². The zero-order valence-corrected chi connectivity index (χ0v) is 10.7. The van der Waals surface area contributed by atoms with Crippen molar-refractivity contribution in [1.82, 2.24) is 0 Å². The molecular weight excluding hydrogens is 323 g/mol. The first kappa shape index (κ1) is 8.57. The molecule has 0 radical (unpaired) electrons. The molecule has 0 heterocycles. The number of rotatable bonds is 2. The Bertz CT molecular complexity index is 70.1. The predicted octanol–water partition coefficient (Wildman–Crippen LogP) is 2.84. The molecule has 0 bridgehead atoms. The van der Waals surface area contributed by atoms with Crippen LogP contribution in [0, 0.1) is 0 Å². The van der Waals surface area contributed by atoms with Gasteiger partial charge < -0.3 is 0 Å². The van der Waals surface area contributed by atoms with Crippen LogP contribution in [-0.4, -0.2) is 16.8 Å². The Kier molecular flexibility index (Phi) is 5.45. The first-order valence-electron chi connectivity index (χ1n) is 2.05. The monoisotopic (exact) mass is 328 g/mol. The van der Waals surface area contributed by atoms with Crippen LogP contribution >= 0.6 is 24.6 Å². The third-order valence-electron chi connectivity index (χ3n) is 0.503. The van der Waals surface area contributed by atoms with Gasteiger partial charge in [-0.15, -0.1) is 0 Å². The van der Waals surface area contributed by atoms with Gasteiger partial charge in [-0.1, -0.05) is 0 Å². The number of hydrogen-bond donors (Lipinski definition) is 0. The summed E-state index contributed by atoms with van der Waals surface area (Å²) in [6, 6.07) is 0. The molecule has 40 valence electrons. The summed E-state index contributed by atoms with van der Waals surface area (Å²) in [6.07, 6.45) is 0. The summed E-state index contributed by atoms with van der Waals surface area (Å²) < 4.78 is 1.21. The van der Waals surface area contributed by atoms with E-state index in [2.05, 4.69) is 38.1 Å². The van der Waals surface area contributed by atoms with Crippen molar-refractivity contribution >= 4 is 41.4 Å². The minimum atomic E-state index is -1.27. The molecule has 0 aromatic rings. The molecule has 0 atom stereocenters. The molecule has 0 amide bonds. The van der Waals surface area contributed by atoms with Crippen LogP contribution in [0.3, 0.4) is 0 Å². The van der Waals surface area contributed by atoms with Gasteiger partial charge in [-0.3, -0.25) is 0 Å². The third kappa shape index (κ3) is 7.57. The van der Waals surface area contributed by atoms with Crippen molar-refractivity contribution < 1.29 is 0 Å². The van der Waals surface area contributed by atoms with E-state index in [0.29, 0.717) is 0 Å². The summed E-state index contributed by atoms with van der Waals surface area (Å²) in [4.78, 5) is 0. The van der Waals surface area contributed by atoms with E-state index in [1.54, 1.807) is 0 Å². The summed E-state index contributed by atoms with van der Waals surface area (Å²) in [6.45, 7) is 5.85. The molecule has 0 N–H and O–H groups in total. The van der Waals surface area contributed by atoms with Gasteiger partial charge in [-0.25, -0.2) is 0 Å². The molecule has 0 aliphatic carbocycles. The van der Waals surface area contributed by atoms with Crippen molar-refractivity contribution in [2.24, 2.45) is 0 Å². The van der Waals surface area contributed by atoms with Crippen molar-refractivity contribution in [3.05, 3.63) is 12.2 Å². The van der Waals surface area contributed by atoms with Crippen molar-refractivity contribution in [2.45, 2.75) is 11.1 Å². The molecular formula is C4H7Br2In. The van der Waals surface area contributed by atoms with E-state index < -0.39 is 16.8 Å². The summed E-state index contributed by atoms with van der Waals surface area (Å²) in [7, 11) is 0. The normalized spacial score (nSPS) is 8.43. The molecule has 0 aromatic heterocycles. The van der Waals surface area contributed by atoms with Crippen LogP contribution in [0.5, 0.6) is 0 Å². The van der Waals surface area contributed by atoms with Crippen LogP contribution in [0.4, 0.5) is 0 Å². The van der Waals surface area contributed by atoms with E-state index in [1.807, 2.05) is 0 Å². The fourth-order valence-electron chi connectivity index (χ4n) is 0.263. The molecule has 0 saturated carbocycles. The Morgan fingerprint density at radius 1 is 1.71 bits per heavy atom. The molecule has 0 unspecified atom stereocenters. The van der Waals surface area contributed by atoms with Gasteiger partial charge in [0.25, 0.3) is 0 Å². The van der Waals surface area contributed by atoms with Gasteiger partial charge in [0.15, 0.2) is 0 Å². The van der Waals surface area contributed by atoms with Gasteiger partial charge in [0, 0.05) is 0 Å². The van der Waals surface area contributed by atoms with E-state index in [9.17, 15) is 0 Å². The fraction of sp³-hybridized carbons (Fsp3) is 0.500. The predicted molar refractivity (Wildman–Crippen MR) is 43.2 cm³/mol. The third-order valence-corrected chi connectivity index (χ3v) is 7.72. The first-order chi connectivity index (χ1) is 3.13. The quantitative estimate of drug-likeness (QED) is 0.683. The molecule has 0 aliphatic rings. The second-order valence-corrected chi connectivity index (χ2v) is 28.0. The average Bonchev–Trinajstić information content (AvgIpc) is 1.27. The topological polar surface area (TPSA) is 0 Å². The van der Waals surface area contributed by atoms with Crippen molar-refractivity contribution in [3.8, 4) is 0 Å². The Morgan fingerprint density at radius 2 is 2.14 bits per heavy atom. The van der Waals surface area contributed by atoms with Gasteiger partial charge >= 0.3 is 64.6 Å².